The highest BCUT2D eigenvalue weighted by Crippen LogP contribution is 2.47. The summed E-state index contributed by atoms with van der Waals surface area (Å²) in [5.74, 6) is -0.562. The maximum atomic E-state index is 13.0. The second kappa shape index (κ2) is 39.1. The van der Waals surface area contributed by atoms with E-state index in [9.17, 15) is 50.0 Å². The minimum Gasteiger partial charge on any atom is -0.393 e. The molecule has 63 heavy (non-hydrogen) atoms. The molecule has 0 saturated heterocycles. The van der Waals surface area contributed by atoms with E-state index in [0.717, 1.165) is 70.6 Å². The Bertz CT molecular complexity index is 1130. The summed E-state index contributed by atoms with van der Waals surface area (Å²) < 4.78 is 23.0. The van der Waals surface area contributed by atoms with Crippen LogP contribution < -0.4 is 5.32 Å². The van der Waals surface area contributed by atoms with Crippen molar-refractivity contribution < 1.29 is 59.0 Å². The van der Waals surface area contributed by atoms with Crippen molar-refractivity contribution in [1.29, 1.82) is 0 Å². The van der Waals surface area contributed by atoms with Gasteiger partial charge in [-0.25, -0.2) is 4.57 Å². The van der Waals surface area contributed by atoms with Gasteiger partial charge in [0.1, 0.15) is 36.6 Å². The Balaban J connectivity index is 2.47. The molecule has 0 bridgehead atoms. The van der Waals surface area contributed by atoms with E-state index in [1.807, 2.05) is 0 Å². The van der Waals surface area contributed by atoms with Crippen molar-refractivity contribution in [2.24, 2.45) is 0 Å². The van der Waals surface area contributed by atoms with Crippen LogP contribution >= 0.6 is 7.82 Å². The molecule has 1 rings (SSSR count). The third kappa shape index (κ3) is 30.9. The van der Waals surface area contributed by atoms with E-state index in [2.05, 4.69) is 31.3 Å². The quantitative estimate of drug-likeness (QED) is 0.0158. The predicted octanol–water partition coefficient (Wildman–Crippen LogP) is 9.37. The van der Waals surface area contributed by atoms with Crippen LogP contribution in [0.5, 0.6) is 0 Å². The lowest BCUT2D eigenvalue weighted by Crippen LogP contribution is -2.64. The van der Waals surface area contributed by atoms with Gasteiger partial charge in [0.2, 0.25) is 5.91 Å². The molecule has 0 heterocycles. The van der Waals surface area contributed by atoms with Gasteiger partial charge in [0.25, 0.3) is 0 Å². The molecule has 0 aliphatic heterocycles. The molecular weight excluding hydrogens is 826 g/mol. The molecule has 9 N–H and O–H groups in total. The highest BCUT2D eigenvalue weighted by atomic mass is 31.2. The van der Waals surface area contributed by atoms with Gasteiger partial charge >= 0.3 is 7.82 Å². The molecule has 1 amide bonds. The maximum absolute atomic E-state index is 13.0. The van der Waals surface area contributed by atoms with E-state index < -0.39 is 75.2 Å². The first-order chi connectivity index (χ1) is 30.3. The molecule has 13 nitrogen and oxygen atoms in total. The van der Waals surface area contributed by atoms with Crippen LogP contribution in [0.25, 0.3) is 0 Å². The molecule has 1 fully saturated rings. The fraction of sp³-hybridized carbons (Fsp3) is 0.939. The predicted molar refractivity (Wildman–Crippen MR) is 252 cm³/mol. The van der Waals surface area contributed by atoms with Crippen LogP contribution in [0.3, 0.4) is 0 Å². The molecule has 8 atom stereocenters. The lowest BCUT2D eigenvalue weighted by molar-refractivity contribution is -0.220. The molecule has 0 aromatic heterocycles. The Kier molecular flexibility index (Phi) is 37.3. The first-order valence-electron chi connectivity index (χ1n) is 25.7. The third-order valence-corrected chi connectivity index (χ3v) is 13.6. The molecule has 1 aliphatic carbocycles. The van der Waals surface area contributed by atoms with Gasteiger partial charge in [-0.15, -0.1) is 0 Å². The van der Waals surface area contributed by atoms with Crippen molar-refractivity contribution in [3.05, 3.63) is 12.2 Å². The van der Waals surface area contributed by atoms with Crippen molar-refractivity contribution in [3.63, 3.8) is 0 Å². The van der Waals surface area contributed by atoms with E-state index in [0.29, 0.717) is 12.8 Å². The zero-order valence-electron chi connectivity index (χ0n) is 39.8. The fourth-order valence-corrected chi connectivity index (χ4v) is 9.38. The zero-order valence-corrected chi connectivity index (χ0v) is 40.7. The van der Waals surface area contributed by atoms with Crippen LogP contribution in [-0.2, 0) is 18.4 Å². The number of aliphatic hydroxyl groups excluding tert-OH is 7. The SMILES string of the molecule is CCCCCCCC/C=C\CCCCCCCC(O)CC(=O)NC(COP(=O)(O)OC1C(O)C(O)C(O)C(O)C1O)C(O)CCCCCCCCCCCCCCCCCCCC. The first-order valence-corrected chi connectivity index (χ1v) is 27.2. The zero-order chi connectivity index (χ0) is 46.6. The van der Waals surface area contributed by atoms with Crippen molar-refractivity contribution >= 4 is 13.7 Å². The maximum Gasteiger partial charge on any atom is 0.472 e. The van der Waals surface area contributed by atoms with E-state index in [1.165, 1.54) is 122 Å². The summed E-state index contributed by atoms with van der Waals surface area (Å²) >= 11 is 0. The average Bonchev–Trinajstić information content (AvgIpc) is 3.26. The van der Waals surface area contributed by atoms with Gasteiger partial charge in [-0.3, -0.25) is 13.8 Å². The monoisotopic (exact) mass is 922 g/mol. The van der Waals surface area contributed by atoms with Gasteiger partial charge in [0.15, 0.2) is 0 Å². The number of rotatable bonds is 43. The Morgan fingerprint density at radius 2 is 0.889 bits per heavy atom. The summed E-state index contributed by atoms with van der Waals surface area (Å²) in [6, 6.07) is -1.15. The minimum absolute atomic E-state index is 0.225. The summed E-state index contributed by atoms with van der Waals surface area (Å²) in [5.41, 5.74) is 0. The van der Waals surface area contributed by atoms with Crippen LogP contribution in [0, 0.1) is 0 Å². The molecule has 0 aromatic carbocycles. The van der Waals surface area contributed by atoms with Crippen LogP contribution in [0.2, 0.25) is 0 Å². The molecule has 1 saturated carbocycles. The highest BCUT2D eigenvalue weighted by Gasteiger charge is 2.51. The van der Waals surface area contributed by atoms with Crippen molar-refractivity contribution in [3.8, 4) is 0 Å². The summed E-state index contributed by atoms with van der Waals surface area (Å²) in [4.78, 5) is 23.5. The summed E-state index contributed by atoms with van der Waals surface area (Å²) in [7, 11) is -5.12. The van der Waals surface area contributed by atoms with Crippen LogP contribution in [-0.4, -0.2) is 108 Å². The molecule has 0 spiro atoms. The molecular formula is C49H96NO12P. The van der Waals surface area contributed by atoms with Gasteiger partial charge in [-0.1, -0.05) is 199 Å². The standard InChI is InChI=1S/C49H96NO12P/c1-3-5-7-9-11-13-15-17-19-20-21-23-25-27-29-31-33-35-37-42(52)41(39-61-63(59,60)62-49-47(57)45(55)44(54)46(56)48(49)58)50-43(53)38-40(51)36-34-32-30-28-26-24-22-18-16-14-12-10-8-6-4-2/h18,22,40-42,44-49,51-52,54-58H,3-17,19-21,23-39H2,1-2H3,(H,50,53)(H,59,60)/b22-18-. The van der Waals surface area contributed by atoms with E-state index in [4.69, 9.17) is 9.05 Å². The van der Waals surface area contributed by atoms with Crippen LogP contribution in [0.1, 0.15) is 232 Å². The number of allylic oxidation sites excluding steroid dienone is 2. The number of amides is 1. The summed E-state index contributed by atoms with van der Waals surface area (Å²) in [6.45, 7) is 3.81. The average molecular weight is 922 g/mol. The Hall–Kier alpha value is -0.960. The number of unbranched alkanes of at least 4 members (excludes halogenated alkanes) is 28. The Morgan fingerprint density at radius 3 is 1.30 bits per heavy atom. The number of nitrogens with one attached hydrogen (secondary N) is 1. The number of hydrogen-bond donors (Lipinski definition) is 9. The lowest BCUT2D eigenvalue weighted by atomic mass is 9.85. The van der Waals surface area contributed by atoms with Crippen molar-refractivity contribution in [2.75, 3.05) is 6.61 Å². The fourth-order valence-electron chi connectivity index (χ4n) is 8.42. The lowest BCUT2D eigenvalue weighted by Gasteiger charge is -2.41. The number of carbonyl (C=O) groups excluding carboxylic acids is 1. The number of carbonyl (C=O) groups is 1. The number of phosphoric acid groups is 1. The Labute approximate surface area is 382 Å². The molecule has 1 aliphatic rings. The topological polar surface area (TPSA) is 226 Å². The van der Waals surface area contributed by atoms with Crippen LogP contribution in [0.15, 0.2) is 12.2 Å². The molecule has 14 heteroatoms. The normalized spacial score (nSPS) is 22.9. The largest absolute Gasteiger partial charge is 0.472 e. The van der Waals surface area contributed by atoms with Gasteiger partial charge in [0, 0.05) is 0 Å². The van der Waals surface area contributed by atoms with Gasteiger partial charge in [-0.05, 0) is 38.5 Å². The van der Waals surface area contributed by atoms with Gasteiger partial charge in [-0.2, -0.15) is 0 Å². The van der Waals surface area contributed by atoms with Gasteiger partial charge < -0.3 is 46.0 Å². The third-order valence-electron chi connectivity index (χ3n) is 12.6. The van der Waals surface area contributed by atoms with E-state index >= 15 is 0 Å². The van der Waals surface area contributed by atoms with Gasteiger partial charge in [0.05, 0.1) is 31.3 Å². The second-order valence-electron chi connectivity index (χ2n) is 18.6. The summed E-state index contributed by atoms with van der Waals surface area (Å²) in [6.07, 6.45) is 28.2. The molecule has 374 valence electrons. The molecule has 8 unspecified atom stereocenters. The number of aliphatic hydroxyl groups is 7. The molecule has 0 aromatic rings. The first kappa shape index (κ1) is 60.1. The van der Waals surface area contributed by atoms with Crippen molar-refractivity contribution in [1.82, 2.24) is 5.32 Å². The summed E-state index contributed by atoms with van der Waals surface area (Å²) in [5, 5.41) is 74.8. The van der Waals surface area contributed by atoms with E-state index in [-0.39, 0.29) is 12.8 Å². The highest BCUT2D eigenvalue weighted by molar-refractivity contribution is 7.47. The second-order valence-corrected chi connectivity index (χ2v) is 20.0. The Morgan fingerprint density at radius 1 is 0.540 bits per heavy atom. The molecule has 0 radical (unpaired) electrons. The van der Waals surface area contributed by atoms with Crippen LogP contribution in [0.4, 0.5) is 0 Å². The number of hydrogen-bond acceptors (Lipinski definition) is 11. The van der Waals surface area contributed by atoms with E-state index in [1.54, 1.807) is 0 Å². The minimum atomic E-state index is -5.12. The number of phosphoric ester groups is 1. The smallest absolute Gasteiger partial charge is 0.393 e. The van der Waals surface area contributed by atoms with Crippen molar-refractivity contribution in [2.45, 2.75) is 287 Å².